The summed E-state index contributed by atoms with van der Waals surface area (Å²) >= 11 is 5.40. The Kier molecular flexibility index (Phi) is 8.75. The fourth-order valence-corrected chi connectivity index (χ4v) is 2.96. The number of nitrogens with one attached hydrogen (secondary N) is 1. The molecular formula is C22H28N2O3S. The monoisotopic (exact) mass is 400 g/mol. The van der Waals surface area contributed by atoms with Crippen LogP contribution in [0.25, 0.3) is 0 Å². The lowest BCUT2D eigenvalue weighted by atomic mass is 10.2. The van der Waals surface area contributed by atoms with E-state index in [9.17, 15) is 4.79 Å². The molecule has 0 aliphatic rings. The van der Waals surface area contributed by atoms with E-state index in [0.29, 0.717) is 28.8 Å². The first-order valence-electron chi connectivity index (χ1n) is 9.68. The van der Waals surface area contributed by atoms with Gasteiger partial charge in [-0.25, -0.2) is 0 Å². The van der Waals surface area contributed by atoms with Gasteiger partial charge in [0.15, 0.2) is 0 Å². The van der Waals surface area contributed by atoms with Crippen LogP contribution >= 0.6 is 12.2 Å². The van der Waals surface area contributed by atoms with Crippen LogP contribution in [-0.4, -0.2) is 35.7 Å². The largest absolute Gasteiger partial charge is 0.494 e. The number of thiocarbonyl (C=S) groups is 1. The minimum Gasteiger partial charge on any atom is -0.494 e. The van der Waals surface area contributed by atoms with Crippen molar-refractivity contribution < 1.29 is 14.3 Å². The first kappa shape index (κ1) is 21.7. The molecule has 0 aromatic heterocycles. The number of carbonyl (C=O) groups is 1. The number of amides is 1. The molecule has 150 valence electrons. The van der Waals surface area contributed by atoms with E-state index in [1.165, 1.54) is 0 Å². The molecule has 1 amide bonds. The molecule has 0 aliphatic heterocycles. The predicted molar refractivity (Wildman–Crippen MR) is 117 cm³/mol. The van der Waals surface area contributed by atoms with Crippen molar-refractivity contribution >= 4 is 29.0 Å². The van der Waals surface area contributed by atoms with Crippen molar-refractivity contribution in [2.75, 3.05) is 25.0 Å². The van der Waals surface area contributed by atoms with Crippen molar-refractivity contribution in [2.24, 2.45) is 0 Å². The summed E-state index contributed by atoms with van der Waals surface area (Å²) in [5, 5.41) is 3.34. The topological polar surface area (TPSA) is 50.8 Å². The summed E-state index contributed by atoms with van der Waals surface area (Å²) in [5.41, 5.74) is 1.26. The van der Waals surface area contributed by atoms with Gasteiger partial charge in [-0.05, 0) is 80.5 Å². The summed E-state index contributed by atoms with van der Waals surface area (Å²) in [7, 11) is 0. The molecule has 0 saturated carbocycles. The van der Waals surface area contributed by atoms with Crippen LogP contribution in [0.3, 0.4) is 0 Å². The Morgan fingerprint density at radius 3 is 2.04 bits per heavy atom. The SMILES string of the molecule is CCCN(CCC)C(=S)Oc1ccc(C(=O)Nc2ccc(OCC)cc2)cc1. The van der Waals surface area contributed by atoms with E-state index in [0.717, 1.165) is 31.7 Å². The lowest BCUT2D eigenvalue weighted by Crippen LogP contribution is -2.34. The summed E-state index contributed by atoms with van der Waals surface area (Å²) in [6.07, 6.45) is 2.02. The van der Waals surface area contributed by atoms with E-state index in [1.54, 1.807) is 24.3 Å². The zero-order chi connectivity index (χ0) is 20.4. The van der Waals surface area contributed by atoms with Gasteiger partial charge in [0.1, 0.15) is 11.5 Å². The maximum Gasteiger partial charge on any atom is 0.264 e. The second-order valence-electron chi connectivity index (χ2n) is 6.29. The van der Waals surface area contributed by atoms with Crippen molar-refractivity contribution in [3.63, 3.8) is 0 Å². The van der Waals surface area contributed by atoms with Gasteiger partial charge in [-0.3, -0.25) is 4.79 Å². The zero-order valence-electron chi connectivity index (χ0n) is 16.7. The molecule has 0 spiro atoms. The lowest BCUT2D eigenvalue weighted by molar-refractivity contribution is 0.102. The molecule has 0 heterocycles. The normalized spacial score (nSPS) is 10.2. The highest BCUT2D eigenvalue weighted by Gasteiger charge is 2.11. The van der Waals surface area contributed by atoms with Crippen LogP contribution in [0, 0.1) is 0 Å². The molecule has 0 unspecified atom stereocenters. The smallest absolute Gasteiger partial charge is 0.264 e. The van der Waals surface area contributed by atoms with Crippen molar-refractivity contribution in [1.82, 2.24) is 4.90 Å². The van der Waals surface area contributed by atoms with Crippen LogP contribution in [0.5, 0.6) is 11.5 Å². The number of anilines is 1. The number of hydrogen-bond acceptors (Lipinski definition) is 4. The van der Waals surface area contributed by atoms with Crippen LogP contribution < -0.4 is 14.8 Å². The third-order valence-corrected chi connectivity index (χ3v) is 4.33. The van der Waals surface area contributed by atoms with Crippen LogP contribution in [0.1, 0.15) is 44.0 Å². The van der Waals surface area contributed by atoms with E-state index in [2.05, 4.69) is 24.1 Å². The molecule has 6 heteroatoms. The van der Waals surface area contributed by atoms with Crippen LogP contribution in [0.15, 0.2) is 48.5 Å². The maximum absolute atomic E-state index is 12.4. The third kappa shape index (κ3) is 6.53. The number of ether oxygens (including phenoxy) is 2. The van der Waals surface area contributed by atoms with Crippen molar-refractivity contribution in [3.05, 3.63) is 54.1 Å². The Labute approximate surface area is 172 Å². The molecule has 0 bridgehead atoms. The molecule has 0 aliphatic carbocycles. The van der Waals surface area contributed by atoms with E-state index < -0.39 is 0 Å². The van der Waals surface area contributed by atoms with Crippen LogP contribution in [-0.2, 0) is 0 Å². The Balaban J connectivity index is 1.95. The quantitative estimate of drug-likeness (QED) is 0.592. The number of rotatable bonds is 9. The fraction of sp³-hybridized carbons (Fsp3) is 0.364. The van der Waals surface area contributed by atoms with E-state index in [4.69, 9.17) is 21.7 Å². The first-order valence-corrected chi connectivity index (χ1v) is 10.1. The molecular weight excluding hydrogens is 372 g/mol. The van der Waals surface area contributed by atoms with Crippen LogP contribution in [0.4, 0.5) is 5.69 Å². The number of hydrogen-bond donors (Lipinski definition) is 1. The lowest BCUT2D eigenvalue weighted by Gasteiger charge is -2.23. The first-order chi connectivity index (χ1) is 13.6. The standard InChI is InChI=1S/C22H28N2O3S/c1-4-15-24(16-5-2)22(28)27-20-11-7-17(8-12-20)21(25)23-18-9-13-19(14-10-18)26-6-3/h7-14H,4-6,15-16H2,1-3H3,(H,23,25). The molecule has 0 radical (unpaired) electrons. The van der Waals surface area contributed by atoms with E-state index in [1.807, 2.05) is 31.2 Å². The molecule has 1 N–H and O–H groups in total. The van der Waals surface area contributed by atoms with Gasteiger partial charge in [0.05, 0.1) is 6.61 Å². The molecule has 2 rings (SSSR count). The van der Waals surface area contributed by atoms with Crippen molar-refractivity contribution in [1.29, 1.82) is 0 Å². The molecule has 28 heavy (non-hydrogen) atoms. The van der Waals surface area contributed by atoms with Crippen LogP contribution in [0.2, 0.25) is 0 Å². The Hall–Kier alpha value is -2.60. The van der Waals surface area contributed by atoms with Crippen molar-refractivity contribution in [3.8, 4) is 11.5 Å². The number of nitrogens with zero attached hydrogens (tertiary/aromatic N) is 1. The van der Waals surface area contributed by atoms with Gasteiger partial charge >= 0.3 is 0 Å². The minimum absolute atomic E-state index is 0.183. The van der Waals surface area contributed by atoms with Gasteiger partial charge in [0.25, 0.3) is 11.1 Å². The number of carbonyl (C=O) groups excluding carboxylic acids is 1. The van der Waals surface area contributed by atoms with Gasteiger partial charge < -0.3 is 19.7 Å². The molecule has 0 atom stereocenters. The van der Waals surface area contributed by atoms with Gasteiger partial charge in [-0.2, -0.15) is 0 Å². The second kappa shape index (κ2) is 11.3. The average molecular weight is 401 g/mol. The summed E-state index contributed by atoms with van der Waals surface area (Å²) in [6.45, 7) is 8.51. The highest BCUT2D eigenvalue weighted by molar-refractivity contribution is 7.80. The Bertz CT molecular complexity index is 754. The Morgan fingerprint density at radius 2 is 1.50 bits per heavy atom. The summed E-state index contributed by atoms with van der Waals surface area (Å²) in [6, 6.07) is 14.3. The highest BCUT2D eigenvalue weighted by atomic mass is 32.1. The summed E-state index contributed by atoms with van der Waals surface area (Å²) in [5.74, 6) is 1.22. The summed E-state index contributed by atoms with van der Waals surface area (Å²) < 4.78 is 11.2. The predicted octanol–water partition coefficient (Wildman–Crippen LogP) is 5.12. The average Bonchev–Trinajstić information content (AvgIpc) is 2.70. The maximum atomic E-state index is 12.4. The Morgan fingerprint density at radius 1 is 0.929 bits per heavy atom. The number of benzene rings is 2. The van der Waals surface area contributed by atoms with Crippen molar-refractivity contribution in [2.45, 2.75) is 33.6 Å². The third-order valence-electron chi connectivity index (χ3n) is 3.99. The molecule has 0 saturated heterocycles. The second-order valence-corrected chi connectivity index (χ2v) is 6.64. The van der Waals surface area contributed by atoms with Gasteiger partial charge in [-0.1, -0.05) is 13.8 Å². The fourth-order valence-electron chi connectivity index (χ4n) is 2.68. The zero-order valence-corrected chi connectivity index (χ0v) is 17.6. The molecule has 5 nitrogen and oxygen atoms in total. The highest BCUT2D eigenvalue weighted by Crippen LogP contribution is 2.18. The molecule has 0 fully saturated rings. The molecule has 2 aromatic rings. The summed E-state index contributed by atoms with van der Waals surface area (Å²) in [4.78, 5) is 14.5. The van der Waals surface area contributed by atoms with E-state index >= 15 is 0 Å². The minimum atomic E-state index is -0.183. The van der Waals surface area contributed by atoms with Gasteiger partial charge in [0, 0.05) is 24.3 Å². The van der Waals surface area contributed by atoms with E-state index in [-0.39, 0.29) is 5.91 Å². The van der Waals surface area contributed by atoms with Gasteiger partial charge in [-0.15, -0.1) is 0 Å². The molecule has 2 aromatic carbocycles. The van der Waals surface area contributed by atoms with Gasteiger partial charge in [0.2, 0.25) is 0 Å².